The van der Waals surface area contributed by atoms with E-state index >= 15 is 0 Å². The zero-order chi connectivity index (χ0) is 55.3. The molecule has 0 radical (unpaired) electrons. The number of ether oxygens (including phenoxy) is 8. The molecular formula is C40H66Cl2N16O16. The Labute approximate surface area is 432 Å². The van der Waals surface area contributed by atoms with Gasteiger partial charge in [0, 0.05) is 13.1 Å². The molecular weight excluding hydrogens is 1030 g/mol. The number of halogens is 2. The number of nitrogens with zero attached hydrogens (tertiary/aromatic N) is 16. The molecule has 74 heavy (non-hydrogen) atoms. The van der Waals surface area contributed by atoms with Gasteiger partial charge in [0.2, 0.25) is 0 Å². The first kappa shape index (κ1) is 62.8. The predicted molar refractivity (Wildman–Crippen MR) is 234 cm³/mol. The predicted octanol–water partition coefficient (Wildman–Crippen LogP) is -6.96. The Bertz CT molecular complexity index is 2050. The molecule has 0 saturated carbocycles. The van der Waals surface area contributed by atoms with Gasteiger partial charge in [-0.15, -0.1) is 60.4 Å². The fourth-order valence-corrected chi connectivity index (χ4v) is 7.02. The Morgan fingerprint density at radius 2 is 0.568 bits per heavy atom. The number of aromatic nitrogens is 12. The number of hydrogen-bond acceptors (Lipinski definition) is 30. The van der Waals surface area contributed by atoms with Crippen molar-refractivity contribution in [1.82, 2.24) is 78.6 Å². The minimum Gasteiger partial charge on any atom is -0.464 e. The van der Waals surface area contributed by atoms with E-state index in [-0.39, 0.29) is 60.2 Å². The fraction of sp³-hybridized carbons (Fsp3) is 0.700. The summed E-state index contributed by atoms with van der Waals surface area (Å²) in [5.41, 5.74) is 0. The first-order valence-electron chi connectivity index (χ1n) is 23.2. The third-order valence-electron chi connectivity index (χ3n) is 10.3. The van der Waals surface area contributed by atoms with Crippen LogP contribution in [0.1, 0.15) is 79.1 Å². The molecule has 0 amide bonds. The molecule has 0 aliphatic carbocycles. The van der Waals surface area contributed by atoms with E-state index in [2.05, 4.69) is 97.8 Å². The Hall–Kier alpha value is -5.46. The average Bonchev–Trinajstić information content (AvgIpc) is 3.30. The van der Waals surface area contributed by atoms with Gasteiger partial charge in [0.15, 0.2) is 23.7 Å². The van der Waals surface area contributed by atoms with E-state index in [0.29, 0.717) is 98.5 Å². The monoisotopic (exact) mass is 1100 g/mol. The summed E-state index contributed by atoms with van der Waals surface area (Å²) in [6, 6.07) is 1.48. The summed E-state index contributed by atoms with van der Waals surface area (Å²) < 4.78 is 113. The molecule has 4 unspecified atom stereocenters. The molecule has 2 saturated heterocycles. The minimum absolute atomic E-state index is 0.207. The minimum atomic E-state index is -4.94. The highest BCUT2D eigenvalue weighted by Crippen LogP contribution is 2.37. The van der Waals surface area contributed by atoms with Crippen molar-refractivity contribution in [1.29, 1.82) is 0 Å². The summed E-state index contributed by atoms with van der Waals surface area (Å²) in [7, 11) is -1.64. The summed E-state index contributed by atoms with van der Waals surface area (Å²) in [4.78, 5) is 58.3. The molecule has 2 aliphatic heterocycles. The lowest BCUT2D eigenvalue weighted by Crippen LogP contribution is -2.68. The van der Waals surface area contributed by atoms with Gasteiger partial charge in [0.1, 0.15) is 0 Å². The summed E-state index contributed by atoms with van der Waals surface area (Å²) in [6.45, 7) is 23.1. The van der Waals surface area contributed by atoms with Crippen molar-refractivity contribution < 1.29 is 95.7 Å². The van der Waals surface area contributed by atoms with E-state index in [1.165, 1.54) is 0 Å². The standard InChI is InChI=1S/2C20H33N8O4.2ClHO4/c2*1-7-29-17-21-15(22-18(25-17)30-8-2)14-13-27(5)11-12-28(14,6)16-23-19(31-9-3)26-20(24-16)32-10-4;2*2-1(3,4)5/h2*14H,7-13H2,1-6H3;2*(H,2,3,4,5)/q2*+1;;/p-2. The van der Waals surface area contributed by atoms with Crippen LogP contribution in [-0.4, -0.2) is 190 Å². The molecule has 0 bridgehead atoms. The second-order valence-corrected chi connectivity index (χ2v) is 17.2. The highest BCUT2D eigenvalue weighted by molar-refractivity contribution is 5.34. The van der Waals surface area contributed by atoms with Crippen LogP contribution >= 0.6 is 0 Å². The number of hydrogen-bond donors (Lipinski definition) is 0. The van der Waals surface area contributed by atoms with E-state index in [0.717, 1.165) is 26.2 Å². The number of rotatable bonds is 20. The Balaban J connectivity index is 0.000000330. The third-order valence-corrected chi connectivity index (χ3v) is 10.3. The average molecular weight is 1100 g/mol. The van der Waals surface area contributed by atoms with Gasteiger partial charge in [-0.3, -0.25) is 9.80 Å². The van der Waals surface area contributed by atoms with Gasteiger partial charge in [-0.1, -0.05) is 0 Å². The lowest BCUT2D eigenvalue weighted by molar-refractivity contribution is -2.00. The smallest absolute Gasteiger partial charge is 0.338 e. The van der Waals surface area contributed by atoms with Crippen molar-refractivity contribution >= 4 is 11.9 Å². The first-order valence-corrected chi connectivity index (χ1v) is 25.7. The van der Waals surface area contributed by atoms with Crippen LogP contribution in [0.15, 0.2) is 0 Å². The summed E-state index contributed by atoms with van der Waals surface area (Å²) in [6.07, 6.45) is 0. The summed E-state index contributed by atoms with van der Waals surface area (Å²) in [5, 5.41) is 0. The van der Waals surface area contributed by atoms with E-state index < -0.39 is 20.5 Å². The van der Waals surface area contributed by atoms with Crippen LogP contribution in [0.3, 0.4) is 0 Å². The van der Waals surface area contributed by atoms with Crippen LogP contribution in [0, 0.1) is 20.5 Å². The summed E-state index contributed by atoms with van der Waals surface area (Å²) in [5.74, 6) is 2.16. The molecule has 6 heterocycles. The lowest BCUT2D eigenvalue weighted by Gasteiger charge is -2.44. The largest absolute Gasteiger partial charge is 0.464 e. The highest BCUT2D eigenvalue weighted by Gasteiger charge is 2.47. The van der Waals surface area contributed by atoms with Crippen LogP contribution in [0.4, 0.5) is 11.9 Å². The molecule has 34 heteroatoms. The zero-order valence-corrected chi connectivity index (χ0v) is 45.0. The molecule has 416 valence electrons. The van der Waals surface area contributed by atoms with Crippen LogP contribution in [0.2, 0.25) is 0 Å². The van der Waals surface area contributed by atoms with Crippen molar-refractivity contribution in [2.24, 2.45) is 0 Å². The van der Waals surface area contributed by atoms with Crippen LogP contribution in [-0.2, 0) is 0 Å². The van der Waals surface area contributed by atoms with Crippen LogP contribution < -0.4 is 84.1 Å². The number of likely N-dealkylation sites (N-methyl/N-ethyl adjacent to an activating group) is 4. The molecule has 6 rings (SSSR count). The molecule has 2 aliphatic rings. The van der Waals surface area contributed by atoms with E-state index in [9.17, 15) is 0 Å². The normalized spacial score (nSPS) is 20.0. The lowest BCUT2D eigenvalue weighted by atomic mass is 10.1. The van der Waals surface area contributed by atoms with Gasteiger partial charge >= 0.3 is 60.0 Å². The third kappa shape index (κ3) is 20.3. The van der Waals surface area contributed by atoms with Crippen LogP contribution in [0.25, 0.3) is 0 Å². The maximum atomic E-state index is 8.49. The Morgan fingerprint density at radius 1 is 0.378 bits per heavy atom. The molecule has 4 aromatic heterocycles. The fourth-order valence-electron chi connectivity index (χ4n) is 7.02. The molecule has 0 spiro atoms. The van der Waals surface area contributed by atoms with Gasteiger partial charge in [-0.2, -0.15) is 19.9 Å². The Morgan fingerprint density at radius 3 is 0.757 bits per heavy atom. The molecule has 0 N–H and O–H groups in total. The van der Waals surface area contributed by atoms with E-state index in [4.69, 9.17) is 75.2 Å². The Kier molecular flexibility index (Phi) is 25.1. The number of quaternary nitrogens is 2. The molecule has 4 aromatic rings. The first-order chi connectivity index (χ1) is 34.9. The maximum absolute atomic E-state index is 8.49. The molecule has 0 aromatic carbocycles. The highest BCUT2D eigenvalue weighted by atomic mass is 35.7. The van der Waals surface area contributed by atoms with Gasteiger partial charge in [-0.25, -0.2) is 46.2 Å². The van der Waals surface area contributed by atoms with Crippen molar-refractivity contribution in [2.45, 2.75) is 67.5 Å². The van der Waals surface area contributed by atoms with Crippen molar-refractivity contribution in [3.63, 3.8) is 0 Å². The van der Waals surface area contributed by atoms with E-state index in [1.54, 1.807) is 0 Å². The van der Waals surface area contributed by atoms with Gasteiger partial charge in [0.05, 0.1) is 93.1 Å². The molecule has 4 atom stereocenters. The molecule has 32 nitrogen and oxygen atoms in total. The van der Waals surface area contributed by atoms with Gasteiger partial charge in [0.25, 0.3) is 0 Å². The topological polar surface area (TPSA) is 419 Å². The zero-order valence-electron chi connectivity index (χ0n) is 43.5. The van der Waals surface area contributed by atoms with Crippen molar-refractivity contribution in [3.05, 3.63) is 11.6 Å². The molecule has 2 fully saturated rings. The van der Waals surface area contributed by atoms with Crippen molar-refractivity contribution in [2.75, 3.05) is 120 Å². The second kappa shape index (κ2) is 29.6. The van der Waals surface area contributed by atoms with Crippen LogP contribution in [0.5, 0.6) is 48.1 Å². The second-order valence-electron chi connectivity index (χ2n) is 15.7. The maximum Gasteiger partial charge on any atom is 0.338 e. The quantitative estimate of drug-likeness (QED) is 0.0742. The van der Waals surface area contributed by atoms with Gasteiger partial charge in [-0.05, 0) is 69.5 Å². The van der Waals surface area contributed by atoms with Crippen molar-refractivity contribution in [3.8, 4) is 48.1 Å². The SMILES string of the molecule is CCOc1nc(OCC)nc(C2CN(C)CC[N+]2(C)c2nc(OCC)nc(OCC)n2)n1.CCOc1nc(OCC)nc(C2CN(C)CC[N+]2(C)c2nc(OCC)nc(OCC)n2)n1.[O-][Cl+3]([O-])([O-])[O-].[O-][Cl+3]([O-])([O-])[O-]. The summed E-state index contributed by atoms with van der Waals surface area (Å²) >= 11 is 0. The number of piperazine rings is 2. The van der Waals surface area contributed by atoms with E-state index in [1.807, 2.05) is 55.4 Å². The van der Waals surface area contributed by atoms with Gasteiger partial charge < -0.3 is 37.9 Å².